The zero-order chi connectivity index (χ0) is 10.5. The summed E-state index contributed by atoms with van der Waals surface area (Å²) in [6.07, 6.45) is 7.80. The van der Waals surface area contributed by atoms with Gasteiger partial charge in [-0.3, -0.25) is 4.98 Å². The molecule has 0 aliphatic carbocycles. The predicted molar refractivity (Wildman–Crippen MR) is 64.4 cm³/mol. The van der Waals surface area contributed by atoms with Crippen molar-refractivity contribution >= 4 is 6.08 Å². The van der Waals surface area contributed by atoms with E-state index in [1.54, 1.807) is 6.20 Å². The summed E-state index contributed by atoms with van der Waals surface area (Å²) in [5.74, 6) is 0. The van der Waals surface area contributed by atoms with Gasteiger partial charge in [-0.1, -0.05) is 42.5 Å². The van der Waals surface area contributed by atoms with E-state index in [1.165, 1.54) is 11.1 Å². The minimum absolute atomic E-state index is 1.16. The summed E-state index contributed by atoms with van der Waals surface area (Å²) >= 11 is 0. The van der Waals surface area contributed by atoms with Gasteiger partial charge in [-0.25, -0.2) is 0 Å². The molecule has 0 aliphatic rings. The lowest BCUT2D eigenvalue weighted by Crippen LogP contribution is -1.79. The molecule has 1 nitrogen and oxygen atoms in total. The number of pyridine rings is 1. The number of hydrogen-bond donors (Lipinski definition) is 0. The molecule has 15 heavy (non-hydrogen) atoms. The van der Waals surface area contributed by atoms with Crippen LogP contribution in [-0.2, 0) is 0 Å². The van der Waals surface area contributed by atoms with Gasteiger partial charge in [-0.15, -0.1) is 0 Å². The molecule has 74 valence electrons. The van der Waals surface area contributed by atoms with Crippen LogP contribution in [0.5, 0.6) is 0 Å². The van der Waals surface area contributed by atoms with Crippen LogP contribution in [0.3, 0.4) is 0 Å². The van der Waals surface area contributed by atoms with Crippen LogP contribution in [0.25, 0.3) is 17.2 Å². The summed E-state index contributed by atoms with van der Waals surface area (Å²) in [6.45, 7) is 2.02. The molecule has 0 radical (unpaired) electrons. The Morgan fingerprint density at radius 1 is 1.00 bits per heavy atom. The summed E-state index contributed by atoms with van der Waals surface area (Å²) in [5.41, 5.74) is 3.59. The van der Waals surface area contributed by atoms with E-state index in [2.05, 4.69) is 41.4 Å². The summed E-state index contributed by atoms with van der Waals surface area (Å²) in [6, 6.07) is 12.5. The normalized spacial score (nSPS) is 10.7. The van der Waals surface area contributed by atoms with Crippen LogP contribution in [0, 0.1) is 0 Å². The van der Waals surface area contributed by atoms with Gasteiger partial charge in [0.05, 0.1) is 0 Å². The lowest BCUT2D eigenvalue weighted by molar-refractivity contribution is 1.33. The third-order valence-electron chi connectivity index (χ3n) is 2.26. The van der Waals surface area contributed by atoms with Crippen LogP contribution in [-0.4, -0.2) is 4.98 Å². The molecule has 1 heterocycles. The molecule has 0 fully saturated rings. The molecule has 0 unspecified atom stereocenters. The van der Waals surface area contributed by atoms with Crippen molar-refractivity contribution in [3.8, 4) is 11.1 Å². The van der Waals surface area contributed by atoms with Crippen LogP contribution in [0.15, 0.2) is 54.9 Å². The third kappa shape index (κ3) is 2.32. The second-order valence-electron chi connectivity index (χ2n) is 3.36. The largest absolute Gasteiger partial charge is 0.264 e. The molecule has 0 atom stereocenters. The van der Waals surface area contributed by atoms with Gasteiger partial charge in [-0.2, -0.15) is 0 Å². The Bertz CT molecular complexity index is 441. The van der Waals surface area contributed by atoms with Gasteiger partial charge < -0.3 is 0 Å². The SMILES string of the molecule is C/C=C/c1ccc(-c2cccnc2)cc1. The number of hydrogen-bond acceptors (Lipinski definition) is 1. The van der Waals surface area contributed by atoms with E-state index in [9.17, 15) is 0 Å². The Morgan fingerprint density at radius 3 is 2.40 bits per heavy atom. The maximum Gasteiger partial charge on any atom is 0.0346 e. The van der Waals surface area contributed by atoms with E-state index < -0.39 is 0 Å². The average molecular weight is 195 g/mol. The van der Waals surface area contributed by atoms with Crippen molar-refractivity contribution in [3.05, 3.63) is 60.4 Å². The maximum absolute atomic E-state index is 4.11. The van der Waals surface area contributed by atoms with Crippen molar-refractivity contribution in [3.63, 3.8) is 0 Å². The van der Waals surface area contributed by atoms with Crippen molar-refractivity contribution in [2.75, 3.05) is 0 Å². The van der Waals surface area contributed by atoms with Gasteiger partial charge in [0.2, 0.25) is 0 Å². The fourth-order valence-electron chi connectivity index (χ4n) is 1.51. The second kappa shape index (κ2) is 4.56. The summed E-state index contributed by atoms with van der Waals surface area (Å²) in [4.78, 5) is 4.11. The Balaban J connectivity index is 2.32. The molecule has 1 heteroatoms. The minimum Gasteiger partial charge on any atom is -0.264 e. The molecule has 0 N–H and O–H groups in total. The Labute approximate surface area is 90.1 Å². The van der Waals surface area contributed by atoms with Crippen LogP contribution < -0.4 is 0 Å². The van der Waals surface area contributed by atoms with E-state index in [4.69, 9.17) is 0 Å². The summed E-state index contributed by atoms with van der Waals surface area (Å²) in [5, 5.41) is 0. The average Bonchev–Trinajstić information content (AvgIpc) is 2.32. The lowest BCUT2D eigenvalue weighted by atomic mass is 10.1. The maximum atomic E-state index is 4.11. The van der Waals surface area contributed by atoms with Crippen molar-refractivity contribution in [2.24, 2.45) is 0 Å². The molecular weight excluding hydrogens is 182 g/mol. The molecule has 0 saturated heterocycles. The molecule has 0 bridgehead atoms. The van der Waals surface area contributed by atoms with E-state index >= 15 is 0 Å². The predicted octanol–water partition coefficient (Wildman–Crippen LogP) is 3.78. The highest BCUT2D eigenvalue weighted by molar-refractivity contribution is 5.64. The zero-order valence-corrected chi connectivity index (χ0v) is 8.72. The third-order valence-corrected chi connectivity index (χ3v) is 2.26. The molecular formula is C14H13N. The van der Waals surface area contributed by atoms with Gasteiger partial charge in [0.1, 0.15) is 0 Å². The first kappa shape index (κ1) is 9.66. The molecule has 0 aliphatic heterocycles. The molecule has 0 saturated carbocycles. The van der Waals surface area contributed by atoms with Crippen LogP contribution in [0.4, 0.5) is 0 Å². The first-order valence-corrected chi connectivity index (χ1v) is 5.03. The van der Waals surface area contributed by atoms with Crippen LogP contribution in [0.2, 0.25) is 0 Å². The van der Waals surface area contributed by atoms with Gasteiger partial charge in [0, 0.05) is 12.4 Å². The van der Waals surface area contributed by atoms with E-state index in [-0.39, 0.29) is 0 Å². The van der Waals surface area contributed by atoms with Crippen molar-refractivity contribution < 1.29 is 0 Å². The standard InChI is InChI=1S/C14H13N/c1-2-4-12-6-8-13(9-7-12)14-5-3-10-15-11-14/h2-11H,1H3/b4-2+. The van der Waals surface area contributed by atoms with E-state index in [0.29, 0.717) is 0 Å². The highest BCUT2D eigenvalue weighted by Crippen LogP contribution is 2.18. The number of allylic oxidation sites excluding steroid dienone is 1. The summed E-state index contributed by atoms with van der Waals surface area (Å²) in [7, 11) is 0. The van der Waals surface area contributed by atoms with Gasteiger partial charge >= 0.3 is 0 Å². The molecule has 1 aromatic heterocycles. The zero-order valence-electron chi connectivity index (χ0n) is 8.72. The quantitative estimate of drug-likeness (QED) is 0.710. The second-order valence-corrected chi connectivity index (χ2v) is 3.36. The highest BCUT2D eigenvalue weighted by atomic mass is 14.6. The molecule has 2 aromatic rings. The number of rotatable bonds is 2. The van der Waals surface area contributed by atoms with E-state index in [0.717, 1.165) is 5.56 Å². The van der Waals surface area contributed by atoms with Crippen molar-refractivity contribution in [2.45, 2.75) is 6.92 Å². The van der Waals surface area contributed by atoms with Crippen LogP contribution >= 0.6 is 0 Å². The number of aromatic nitrogens is 1. The topological polar surface area (TPSA) is 12.9 Å². The summed E-state index contributed by atoms with van der Waals surface area (Å²) < 4.78 is 0. The Kier molecular flexibility index (Phi) is 2.93. The lowest BCUT2D eigenvalue weighted by Gasteiger charge is -2.00. The fraction of sp³-hybridized carbons (Fsp3) is 0.0714. The Morgan fingerprint density at radius 2 is 1.80 bits per heavy atom. The van der Waals surface area contributed by atoms with Crippen molar-refractivity contribution in [1.82, 2.24) is 4.98 Å². The van der Waals surface area contributed by atoms with Crippen molar-refractivity contribution in [1.29, 1.82) is 0 Å². The number of nitrogens with zero attached hydrogens (tertiary/aromatic N) is 1. The van der Waals surface area contributed by atoms with Crippen LogP contribution in [0.1, 0.15) is 12.5 Å². The number of benzene rings is 1. The molecule has 0 spiro atoms. The van der Waals surface area contributed by atoms with Gasteiger partial charge in [0.25, 0.3) is 0 Å². The van der Waals surface area contributed by atoms with Gasteiger partial charge in [-0.05, 0) is 29.7 Å². The van der Waals surface area contributed by atoms with Gasteiger partial charge in [0.15, 0.2) is 0 Å². The minimum atomic E-state index is 1.16. The molecule has 2 rings (SSSR count). The smallest absolute Gasteiger partial charge is 0.0346 e. The first-order valence-electron chi connectivity index (χ1n) is 5.03. The highest BCUT2D eigenvalue weighted by Gasteiger charge is 1.95. The monoisotopic (exact) mass is 195 g/mol. The first-order chi connectivity index (χ1) is 7.40. The fourth-order valence-corrected chi connectivity index (χ4v) is 1.51. The molecule has 1 aromatic carbocycles. The van der Waals surface area contributed by atoms with E-state index in [1.807, 2.05) is 25.3 Å². The Hall–Kier alpha value is -1.89. The molecule has 0 amide bonds.